The maximum absolute atomic E-state index is 5.14. The van der Waals surface area contributed by atoms with Crippen LogP contribution in [0.1, 0.15) is 38.8 Å². The van der Waals surface area contributed by atoms with Crippen molar-refractivity contribution in [3.05, 3.63) is 187 Å². The van der Waals surface area contributed by atoms with Crippen LogP contribution in [0, 0.1) is 0 Å². The molecule has 9 rings (SSSR count). The summed E-state index contributed by atoms with van der Waals surface area (Å²) < 4.78 is 0. The lowest BCUT2D eigenvalue weighted by Crippen LogP contribution is -2.20. The second kappa shape index (κ2) is 13.8. The molecule has 252 valence electrons. The Kier molecular flexibility index (Phi) is 8.70. The molecule has 1 aliphatic rings. The van der Waals surface area contributed by atoms with Gasteiger partial charge in [-0.2, -0.15) is 0 Å². The number of anilines is 3. The molecule has 1 aliphatic carbocycles. The van der Waals surface area contributed by atoms with Gasteiger partial charge in [-0.15, -0.1) is 0 Å². The molecule has 0 fully saturated rings. The lowest BCUT2D eigenvalue weighted by atomic mass is 9.81. The zero-order valence-electron chi connectivity index (χ0n) is 30.1. The van der Waals surface area contributed by atoms with Crippen LogP contribution in [-0.2, 0) is 5.41 Å². The quantitative estimate of drug-likeness (QED) is 0.176. The van der Waals surface area contributed by atoms with E-state index in [-0.39, 0.29) is 5.41 Å². The van der Waals surface area contributed by atoms with E-state index in [1.807, 2.05) is 32.0 Å². The molecule has 0 spiro atoms. The first-order valence-electron chi connectivity index (χ1n) is 18.2. The Morgan fingerprint density at radius 2 is 0.981 bits per heavy atom. The predicted octanol–water partition coefficient (Wildman–Crippen LogP) is 13.4. The van der Waals surface area contributed by atoms with Crippen molar-refractivity contribution in [2.75, 3.05) is 4.90 Å². The maximum Gasteiger partial charge on any atom is 0.160 e. The molecule has 0 N–H and O–H groups in total. The Hall–Kier alpha value is -6.32. The van der Waals surface area contributed by atoms with E-state index in [0.29, 0.717) is 5.82 Å². The minimum Gasteiger partial charge on any atom is -0.310 e. The lowest BCUT2D eigenvalue weighted by Gasteiger charge is -2.32. The number of rotatable bonds is 6. The van der Waals surface area contributed by atoms with E-state index in [9.17, 15) is 0 Å². The molecule has 0 bridgehead atoms. The summed E-state index contributed by atoms with van der Waals surface area (Å²) in [6, 6.07) is 62.4. The third-order valence-corrected chi connectivity index (χ3v) is 10.1. The second-order valence-corrected chi connectivity index (χ2v) is 13.4. The van der Waals surface area contributed by atoms with Crippen molar-refractivity contribution >= 4 is 28.0 Å². The van der Waals surface area contributed by atoms with Crippen LogP contribution >= 0.6 is 0 Å². The molecule has 52 heavy (non-hydrogen) atoms. The van der Waals surface area contributed by atoms with Crippen LogP contribution < -0.4 is 4.90 Å². The molecule has 3 nitrogen and oxygen atoms in total. The summed E-state index contributed by atoms with van der Waals surface area (Å²) in [6.07, 6.45) is 0. The summed E-state index contributed by atoms with van der Waals surface area (Å²) in [6.45, 7) is 8.70. The van der Waals surface area contributed by atoms with E-state index in [4.69, 9.17) is 9.97 Å². The van der Waals surface area contributed by atoms with Gasteiger partial charge < -0.3 is 4.90 Å². The highest BCUT2D eigenvalue weighted by Gasteiger charge is 2.38. The molecule has 0 saturated carbocycles. The molecule has 7 aromatic carbocycles. The van der Waals surface area contributed by atoms with Gasteiger partial charge in [0.15, 0.2) is 5.82 Å². The fourth-order valence-electron chi connectivity index (χ4n) is 7.65. The summed E-state index contributed by atoms with van der Waals surface area (Å²) in [5.41, 5.74) is 14.8. The van der Waals surface area contributed by atoms with E-state index in [2.05, 4.69) is 176 Å². The monoisotopic (exact) mass is 671 g/mol. The molecule has 3 heteroatoms. The minimum absolute atomic E-state index is 0.169. The third-order valence-electron chi connectivity index (χ3n) is 10.1. The first-order chi connectivity index (χ1) is 25.6. The molecule has 1 aromatic heterocycles. The van der Waals surface area contributed by atoms with Crippen LogP contribution in [0.2, 0.25) is 0 Å². The fourth-order valence-corrected chi connectivity index (χ4v) is 7.65. The van der Waals surface area contributed by atoms with Crippen molar-refractivity contribution in [1.29, 1.82) is 0 Å². The highest BCUT2D eigenvalue weighted by atomic mass is 15.1. The van der Waals surface area contributed by atoms with Crippen LogP contribution in [0.15, 0.2) is 176 Å². The molecular weight excluding hydrogens is 631 g/mol. The summed E-state index contributed by atoms with van der Waals surface area (Å²) in [5, 5.41) is 1.05. The number of hydrogen-bond acceptors (Lipinski definition) is 3. The molecule has 1 heterocycles. The second-order valence-electron chi connectivity index (χ2n) is 13.4. The average Bonchev–Trinajstić information content (AvgIpc) is 3.46. The lowest BCUT2D eigenvalue weighted by molar-refractivity contribution is 0.661. The number of fused-ring (bicyclic) bond motifs is 4. The van der Waals surface area contributed by atoms with Gasteiger partial charge in [-0.1, -0.05) is 155 Å². The molecular formula is C49H41N3. The van der Waals surface area contributed by atoms with Crippen molar-refractivity contribution in [1.82, 2.24) is 9.97 Å². The molecule has 0 radical (unpaired) electrons. The fraction of sp³-hybridized carbons (Fsp3) is 0.102. The molecule has 0 amide bonds. The highest BCUT2D eigenvalue weighted by Crippen LogP contribution is 2.54. The standard InChI is InChI=1S/C47H35N3.C2H6/c1-47(2)41-21-11-9-18-38(41)39-20-13-23-43(44(39)47)50(36-28-24-33(25-29-36)32-14-5-3-6-15-32)37-30-26-35(27-31-37)46-48-42-22-12-10-19-40(42)45(49-46)34-16-7-4-8-17-34;1-2/h3-31H,1-2H3;1-2H3. The van der Waals surface area contributed by atoms with Crippen LogP contribution in [-0.4, -0.2) is 9.97 Å². The summed E-state index contributed by atoms with van der Waals surface area (Å²) in [5.74, 6) is 0.713. The number of hydrogen-bond donors (Lipinski definition) is 0. The van der Waals surface area contributed by atoms with Gasteiger partial charge in [0.1, 0.15) is 0 Å². The van der Waals surface area contributed by atoms with Gasteiger partial charge in [0.05, 0.1) is 16.9 Å². The zero-order valence-corrected chi connectivity index (χ0v) is 30.1. The van der Waals surface area contributed by atoms with E-state index in [1.165, 1.54) is 39.1 Å². The average molecular weight is 672 g/mol. The van der Waals surface area contributed by atoms with Gasteiger partial charge in [0.25, 0.3) is 0 Å². The van der Waals surface area contributed by atoms with Gasteiger partial charge in [-0.25, -0.2) is 9.97 Å². The topological polar surface area (TPSA) is 29.0 Å². The van der Waals surface area contributed by atoms with Gasteiger partial charge in [-0.3, -0.25) is 0 Å². The Labute approximate surface area is 306 Å². The highest BCUT2D eigenvalue weighted by molar-refractivity contribution is 5.94. The number of benzene rings is 7. The van der Waals surface area contributed by atoms with Crippen LogP contribution in [0.5, 0.6) is 0 Å². The van der Waals surface area contributed by atoms with Gasteiger partial charge in [-0.05, 0) is 81.9 Å². The molecule has 0 saturated heterocycles. The minimum atomic E-state index is -0.169. The SMILES string of the molecule is CC.CC1(C)c2ccccc2-c2cccc(N(c3ccc(-c4ccccc4)cc3)c3ccc(-c4nc(-c5ccccc5)c5ccccc5n4)cc3)c21. The summed E-state index contributed by atoms with van der Waals surface area (Å²) in [4.78, 5) is 12.6. The molecule has 0 unspecified atom stereocenters. The van der Waals surface area contributed by atoms with Crippen molar-refractivity contribution in [2.24, 2.45) is 0 Å². The predicted molar refractivity (Wildman–Crippen MR) is 219 cm³/mol. The number of para-hydroxylation sites is 1. The Bertz CT molecular complexity index is 2480. The first kappa shape index (κ1) is 32.9. The smallest absolute Gasteiger partial charge is 0.160 e. The Morgan fingerprint density at radius 1 is 0.442 bits per heavy atom. The van der Waals surface area contributed by atoms with E-state index >= 15 is 0 Å². The Balaban J connectivity index is 0.00000190. The van der Waals surface area contributed by atoms with Gasteiger partial charge in [0.2, 0.25) is 0 Å². The van der Waals surface area contributed by atoms with Crippen molar-refractivity contribution in [3.8, 4) is 44.9 Å². The Morgan fingerprint density at radius 3 is 1.67 bits per heavy atom. The largest absolute Gasteiger partial charge is 0.310 e. The third kappa shape index (κ3) is 5.75. The van der Waals surface area contributed by atoms with E-state index < -0.39 is 0 Å². The van der Waals surface area contributed by atoms with Crippen LogP contribution in [0.25, 0.3) is 55.8 Å². The van der Waals surface area contributed by atoms with Crippen molar-refractivity contribution in [3.63, 3.8) is 0 Å². The van der Waals surface area contributed by atoms with Crippen molar-refractivity contribution in [2.45, 2.75) is 33.1 Å². The zero-order chi connectivity index (χ0) is 35.7. The van der Waals surface area contributed by atoms with E-state index in [0.717, 1.165) is 39.1 Å². The van der Waals surface area contributed by atoms with Gasteiger partial charge in [0, 0.05) is 33.3 Å². The van der Waals surface area contributed by atoms with Crippen LogP contribution in [0.4, 0.5) is 17.1 Å². The van der Waals surface area contributed by atoms with Crippen molar-refractivity contribution < 1.29 is 0 Å². The molecule has 8 aromatic rings. The normalized spacial score (nSPS) is 12.4. The molecule has 0 aliphatic heterocycles. The summed E-state index contributed by atoms with van der Waals surface area (Å²) >= 11 is 0. The first-order valence-corrected chi connectivity index (χ1v) is 18.2. The van der Waals surface area contributed by atoms with Crippen LogP contribution in [0.3, 0.4) is 0 Å². The summed E-state index contributed by atoms with van der Waals surface area (Å²) in [7, 11) is 0. The van der Waals surface area contributed by atoms with Gasteiger partial charge >= 0.3 is 0 Å². The molecule has 0 atom stereocenters. The van der Waals surface area contributed by atoms with E-state index in [1.54, 1.807) is 0 Å². The number of nitrogens with zero attached hydrogens (tertiary/aromatic N) is 3. The maximum atomic E-state index is 5.14. The number of aromatic nitrogens is 2.